The summed E-state index contributed by atoms with van der Waals surface area (Å²) in [5, 5.41) is 17.4. The molecule has 6 rings (SSSR count). The fourth-order valence-electron chi connectivity index (χ4n) is 4.37. The molecule has 0 atom stereocenters. The third-order valence-electron chi connectivity index (χ3n) is 6.08. The van der Waals surface area contributed by atoms with Crippen molar-refractivity contribution in [3.8, 4) is 5.69 Å². The van der Waals surface area contributed by atoms with E-state index < -0.39 is 0 Å². The first-order valence-corrected chi connectivity index (χ1v) is 11.4. The van der Waals surface area contributed by atoms with Crippen molar-refractivity contribution in [2.24, 2.45) is 4.99 Å². The number of pyridine rings is 1. The summed E-state index contributed by atoms with van der Waals surface area (Å²) < 4.78 is 1.74. The van der Waals surface area contributed by atoms with E-state index >= 15 is 0 Å². The van der Waals surface area contributed by atoms with Crippen LogP contribution in [0.2, 0.25) is 0 Å². The number of hydrogen-bond donors (Lipinski definition) is 1. The summed E-state index contributed by atoms with van der Waals surface area (Å²) >= 11 is 0. The van der Waals surface area contributed by atoms with Crippen LogP contribution in [-0.4, -0.2) is 43.4 Å². The highest BCUT2D eigenvalue weighted by Gasteiger charge is 2.20. The minimum Gasteiger partial charge on any atom is -0.323 e. The van der Waals surface area contributed by atoms with Crippen molar-refractivity contribution < 1.29 is 4.79 Å². The molecule has 0 saturated heterocycles. The van der Waals surface area contributed by atoms with Crippen LogP contribution in [0.25, 0.3) is 16.5 Å². The lowest BCUT2D eigenvalue weighted by molar-refractivity contribution is -0.114. The minimum absolute atomic E-state index is 0.0742. The van der Waals surface area contributed by atoms with Crippen LogP contribution in [-0.2, 0) is 17.6 Å². The molecular formula is C27H21N7O. The van der Waals surface area contributed by atoms with E-state index in [0.29, 0.717) is 6.42 Å². The van der Waals surface area contributed by atoms with E-state index in [1.165, 1.54) is 0 Å². The zero-order valence-electron chi connectivity index (χ0n) is 18.8. The first-order valence-electron chi connectivity index (χ1n) is 11.4. The molecule has 0 radical (unpaired) electrons. The maximum atomic E-state index is 12.4. The first kappa shape index (κ1) is 20.9. The van der Waals surface area contributed by atoms with E-state index in [-0.39, 0.29) is 12.5 Å². The van der Waals surface area contributed by atoms with Crippen molar-refractivity contribution in [3.63, 3.8) is 0 Å². The molecule has 0 spiro atoms. The molecule has 1 N–H and O–H groups in total. The molecule has 0 saturated carbocycles. The van der Waals surface area contributed by atoms with Crippen LogP contribution >= 0.6 is 0 Å². The van der Waals surface area contributed by atoms with Gasteiger partial charge < -0.3 is 5.32 Å². The molecule has 8 nitrogen and oxygen atoms in total. The number of fused-ring (bicyclic) bond motifs is 3. The van der Waals surface area contributed by atoms with Crippen LogP contribution in [0.1, 0.15) is 22.6 Å². The molecule has 8 heteroatoms. The second-order valence-electron chi connectivity index (χ2n) is 8.30. The summed E-state index contributed by atoms with van der Waals surface area (Å²) in [5.74, 6) is 0.641. The Bertz CT molecular complexity index is 1560. The van der Waals surface area contributed by atoms with E-state index in [1.54, 1.807) is 10.9 Å². The molecular weight excluding hydrogens is 438 g/mol. The van der Waals surface area contributed by atoms with Crippen LogP contribution in [0.4, 0.5) is 5.69 Å². The number of carbonyl (C=O) groups excluding carboxylic acids is 1. The average molecular weight is 460 g/mol. The smallest absolute Gasteiger partial charge is 0.246 e. The van der Waals surface area contributed by atoms with Gasteiger partial charge in [-0.2, -0.15) is 4.68 Å². The number of aromatic nitrogens is 5. The molecule has 35 heavy (non-hydrogen) atoms. The van der Waals surface area contributed by atoms with Crippen LogP contribution in [0.3, 0.4) is 0 Å². The van der Waals surface area contributed by atoms with E-state index in [1.807, 2.05) is 72.8 Å². The van der Waals surface area contributed by atoms with Gasteiger partial charge >= 0.3 is 0 Å². The third kappa shape index (κ3) is 4.06. The van der Waals surface area contributed by atoms with Gasteiger partial charge in [0.2, 0.25) is 5.91 Å². The molecule has 0 bridgehead atoms. The average Bonchev–Trinajstić information content (AvgIpc) is 3.31. The summed E-state index contributed by atoms with van der Waals surface area (Å²) in [7, 11) is 0. The lowest BCUT2D eigenvalue weighted by Crippen LogP contribution is -2.13. The van der Waals surface area contributed by atoms with E-state index in [0.717, 1.165) is 56.9 Å². The molecule has 1 amide bonds. The zero-order chi connectivity index (χ0) is 23.6. The van der Waals surface area contributed by atoms with Crippen molar-refractivity contribution in [1.29, 1.82) is 0 Å². The molecule has 0 unspecified atom stereocenters. The SMILES string of the molecule is O=C1CN=C(c2ccc(-n3nnnc3CCc3ccccn3)cc2)c2ccc3ccccc3c2N1. The molecule has 2 aromatic heterocycles. The predicted octanol–water partition coefficient (Wildman–Crippen LogP) is 3.79. The van der Waals surface area contributed by atoms with Crippen molar-refractivity contribution in [2.75, 3.05) is 11.9 Å². The molecule has 0 aliphatic carbocycles. The molecule has 0 fully saturated rings. The van der Waals surface area contributed by atoms with Crippen molar-refractivity contribution in [1.82, 2.24) is 25.2 Å². The second kappa shape index (κ2) is 8.90. The maximum absolute atomic E-state index is 12.4. The Hall–Kier alpha value is -4.72. The topological polar surface area (TPSA) is 98.0 Å². The molecule has 1 aliphatic rings. The molecule has 3 heterocycles. The van der Waals surface area contributed by atoms with Gasteiger partial charge in [0.1, 0.15) is 6.54 Å². The number of nitrogens with one attached hydrogen (secondary N) is 1. The van der Waals surface area contributed by atoms with Gasteiger partial charge in [-0.25, -0.2) is 0 Å². The summed E-state index contributed by atoms with van der Waals surface area (Å²) in [4.78, 5) is 21.4. The molecule has 5 aromatic rings. The Balaban J connectivity index is 1.32. The van der Waals surface area contributed by atoms with Crippen molar-refractivity contribution in [3.05, 3.63) is 108 Å². The number of carbonyl (C=O) groups is 1. The number of benzene rings is 3. The fourth-order valence-corrected chi connectivity index (χ4v) is 4.37. The Kier molecular flexibility index (Phi) is 5.31. The quantitative estimate of drug-likeness (QED) is 0.431. The van der Waals surface area contributed by atoms with Crippen LogP contribution in [0.5, 0.6) is 0 Å². The number of anilines is 1. The van der Waals surface area contributed by atoms with Gasteiger partial charge in [0.15, 0.2) is 5.82 Å². The Morgan fingerprint density at radius 3 is 2.60 bits per heavy atom. The van der Waals surface area contributed by atoms with Gasteiger partial charge in [0.05, 0.1) is 17.1 Å². The van der Waals surface area contributed by atoms with Crippen LogP contribution in [0, 0.1) is 0 Å². The summed E-state index contributed by atoms with van der Waals surface area (Å²) in [6.45, 7) is 0.0742. The van der Waals surface area contributed by atoms with Gasteiger partial charge in [0, 0.05) is 34.8 Å². The van der Waals surface area contributed by atoms with Crippen LogP contribution in [0.15, 0.2) is 90.1 Å². The van der Waals surface area contributed by atoms with Gasteiger partial charge in [-0.15, -0.1) is 5.10 Å². The normalized spacial score (nSPS) is 13.1. The fraction of sp³-hybridized carbons (Fsp3) is 0.111. The highest BCUT2D eigenvalue weighted by Crippen LogP contribution is 2.31. The Morgan fingerprint density at radius 2 is 1.74 bits per heavy atom. The highest BCUT2D eigenvalue weighted by atomic mass is 16.1. The lowest BCUT2D eigenvalue weighted by Gasteiger charge is -2.13. The van der Waals surface area contributed by atoms with E-state index in [9.17, 15) is 4.79 Å². The molecule has 1 aliphatic heterocycles. The van der Waals surface area contributed by atoms with Gasteiger partial charge in [-0.05, 0) is 46.5 Å². The number of nitrogens with zero attached hydrogens (tertiary/aromatic N) is 6. The van der Waals surface area contributed by atoms with E-state index in [2.05, 4.69) is 36.9 Å². The number of rotatable bonds is 5. The van der Waals surface area contributed by atoms with Crippen molar-refractivity contribution >= 4 is 28.1 Å². The number of amides is 1. The predicted molar refractivity (Wildman–Crippen MR) is 134 cm³/mol. The minimum atomic E-state index is -0.125. The zero-order valence-corrected chi connectivity index (χ0v) is 18.8. The van der Waals surface area contributed by atoms with E-state index in [4.69, 9.17) is 0 Å². The van der Waals surface area contributed by atoms with Crippen LogP contribution < -0.4 is 5.32 Å². The molecule has 170 valence electrons. The number of tetrazole rings is 1. The van der Waals surface area contributed by atoms with Gasteiger partial charge in [-0.1, -0.05) is 54.6 Å². The highest BCUT2D eigenvalue weighted by molar-refractivity contribution is 6.23. The Morgan fingerprint density at radius 1 is 0.886 bits per heavy atom. The Labute approximate surface area is 201 Å². The number of aliphatic imine (C=N–C) groups is 1. The standard InChI is InChI=1S/C27H21N7O/c35-25-17-29-26(23-14-10-18-5-1-2-7-22(18)27(23)30-25)19-8-12-21(13-9-19)34-24(31-32-33-34)15-11-20-6-3-4-16-28-20/h1-10,12-14,16H,11,15,17H2,(H,30,35). The monoisotopic (exact) mass is 459 g/mol. The second-order valence-corrected chi connectivity index (χ2v) is 8.30. The summed E-state index contributed by atoms with van der Waals surface area (Å²) in [6.07, 6.45) is 3.21. The number of aryl methyl sites for hydroxylation is 2. The molecule has 3 aromatic carbocycles. The lowest BCUT2D eigenvalue weighted by atomic mass is 9.96. The van der Waals surface area contributed by atoms with Gasteiger partial charge in [0.25, 0.3) is 0 Å². The van der Waals surface area contributed by atoms with Crippen molar-refractivity contribution in [2.45, 2.75) is 12.8 Å². The largest absolute Gasteiger partial charge is 0.323 e. The third-order valence-corrected chi connectivity index (χ3v) is 6.08. The summed E-state index contributed by atoms with van der Waals surface area (Å²) in [5.41, 5.74) is 5.26. The summed E-state index contributed by atoms with van der Waals surface area (Å²) in [6, 6.07) is 25.9. The maximum Gasteiger partial charge on any atom is 0.246 e. The van der Waals surface area contributed by atoms with Gasteiger partial charge in [-0.3, -0.25) is 14.8 Å². The number of hydrogen-bond acceptors (Lipinski definition) is 6. The first-order chi connectivity index (χ1) is 17.3.